The minimum atomic E-state index is -1.05. The van der Waals surface area contributed by atoms with Gasteiger partial charge >= 0.3 is 5.97 Å². The first-order valence-corrected chi connectivity index (χ1v) is 4.89. The van der Waals surface area contributed by atoms with E-state index in [-0.39, 0.29) is 17.2 Å². The highest BCUT2D eigenvalue weighted by Gasteiger charge is 2.18. The summed E-state index contributed by atoms with van der Waals surface area (Å²) in [6.45, 7) is 2.33. The van der Waals surface area contributed by atoms with Crippen molar-refractivity contribution in [3.63, 3.8) is 0 Å². The van der Waals surface area contributed by atoms with Gasteiger partial charge in [0.2, 0.25) is 0 Å². The van der Waals surface area contributed by atoms with Gasteiger partial charge in [0.05, 0.1) is 17.9 Å². The summed E-state index contributed by atoms with van der Waals surface area (Å²) in [5, 5.41) is 8.94. The van der Waals surface area contributed by atoms with Gasteiger partial charge in [0.15, 0.2) is 0 Å². The molecule has 1 unspecified atom stereocenters. The van der Waals surface area contributed by atoms with Crippen molar-refractivity contribution in [3.8, 4) is 0 Å². The third-order valence-corrected chi connectivity index (χ3v) is 2.46. The maximum atomic E-state index is 10.9. The molecule has 0 aliphatic heterocycles. The molecule has 5 heteroatoms. The smallest absolute Gasteiger partial charge is 0.337 e. The standard InChI is InChI=1S/C11H16N2O3/c1-6(5-16-2)9-8(12)4-3-7(10(9)13)11(14)15/h3-4,6H,5,12-13H2,1-2H3,(H,14,15). The lowest BCUT2D eigenvalue weighted by atomic mass is 9.95. The molecule has 0 aromatic heterocycles. The van der Waals surface area contributed by atoms with Crippen molar-refractivity contribution in [2.75, 3.05) is 25.2 Å². The number of aromatic carboxylic acids is 1. The summed E-state index contributed by atoms with van der Waals surface area (Å²) in [4.78, 5) is 10.9. The number of carboxylic acid groups (broad SMARTS) is 1. The lowest BCUT2D eigenvalue weighted by Gasteiger charge is -2.17. The average molecular weight is 224 g/mol. The summed E-state index contributed by atoms with van der Waals surface area (Å²) in [6, 6.07) is 2.97. The Morgan fingerprint density at radius 1 is 1.50 bits per heavy atom. The van der Waals surface area contributed by atoms with Crippen LogP contribution in [0.15, 0.2) is 12.1 Å². The van der Waals surface area contributed by atoms with E-state index in [1.807, 2.05) is 6.92 Å². The molecule has 0 aliphatic carbocycles. The van der Waals surface area contributed by atoms with E-state index in [9.17, 15) is 4.79 Å². The molecule has 5 nitrogen and oxygen atoms in total. The third kappa shape index (κ3) is 2.25. The third-order valence-electron chi connectivity index (χ3n) is 2.46. The summed E-state index contributed by atoms with van der Waals surface area (Å²) in [5.41, 5.74) is 13.0. The van der Waals surface area contributed by atoms with Gasteiger partial charge in [0.1, 0.15) is 0 Å². The van der Waals surface area contributed by atoms with Crippen LogP contribution in [-0.2, 0) is 4.74 Å². The van der Waals surface area contributed by atoms with Crippen molar-refractivity contribution in [2.24, 2.45) is 0 Å². The number of carboxylic acids is 1. The molecule has 0 fully saturated rings. The molecule has 1 aromatic rings. The number of nitrogen functional groups attached to an aromatic ring is 2. The van der Waals surface area contributed by atoms with Gasteiger partial charge in [0.25, 0.3) is 0 Å². The van der Waals surface area contributed by atoms with E-state index in [1.54, 1.807) is 13.2 Å². The number of hydrogen-bond acceptors (Lipinski definition) is 4. The largest absolute Gasteiger partial charge is 0.478 e. The number of hydrogen-bond donors (Lipinski definition) is 3. The summed E-state index contributed by atoms with van der Waals surface area (Å²) in [6.07, 6.45) is 0. The van der Waals surface area contributed by atoms with E-state index in [4.69, 9.17) is 21.3 Å². The molecular formula is C11H16N2O3. The van der Waals surface area contributed by atoms with Crippen molar-refractivity contribution < 1.29 is 14.6 Å². The van der Waals surface area contributed by atoms with Crippen LogP contribution in [0.4, 0.5) is 11.4 Å². The van der Waals surface area contributed by atoms with Gasteiger partial charge in [-0.3, -0.25) is 0 Å². The van der Waals surface area contributed by atoms with Crippen LogP contribution < -0.4 is 11.5 Å². The maximum Gasteiger partial charge on any atom is 0.337 e. The van der Waals surface area contributed by atoms with Crippen molar-refractivity contribution in [1.29, 1.82) is 0 Å². The topological polar surface area (TPSA) is 98.6 Å². The van der Waals surface area contributed by atoms with Gasteiger partial charge < -0.3 is 21.3 Å². The highest BCUT2D eigenvalue weighted by Crippen LogP contribution is 2.31. The Labute approximate surface area is 94.0 Å². The molecule has 1 aromatic carbocycles. The number of methoxy groups -OCH3 is 1. The van der Waals surface area contributed by atoms with Crippen LogP contribution >= 0.6 is 0 Å². The Hall–Kier alpha value is -1.75. The number of anilines is 2. The quantitative estimate of drug-likeness (QED) is 0.669. The van der Waals surface area contributed by atoms with E-state index >= 15 is 0 Å². The molecule has 1 atom stereocenters. The van der Waals surface area contributed by atoms with E-state index in [1.165, 1.54) is 6.07 Å². The molecule has 0 radical (unpaired) electrons. The Morgan fingerprint density at radius 2 is 2.12 bits per heavy atom. The van der Waals surface area contributed by atoms with Crippen LogP contribution in [-0.4, -0.2) is 24.8 Å². The van der Waals surface area contributed by atoms with Gasteiger partial charge in [-0.15, -0.1) is 0 Å². The maximum absolute atomic E-state index is 10.9. The first-order valence-electron chi connectivity index (χ1n) is 4.89. The number of nitrogens with two attached hydrogens (primary N) is 2. The van der Waals surface area contributed by atoms with E-state index in [2.05, 4.69) is 0 Å². The van der Waals surface area contributed by atoms with Crippen molar-refractivity contribution in [1.82, 2.24) is 0 Å². The van der Waals surface area contributed by atoms with Gasteiger partial charge in [-0.1, -0.05) is 6.92 Å². The van der Waals surface area contributed by atoms with Crippen LogP contribution in [0.1, 0.15) is 28.8 Å². The van der Waals surface area contributed by atoms with Crippen molar-refractivity contribution in [3.05, 3.63) is 23.3 Å². The Morgan fingerprint density at radius 3 is 2.62 bits per heavy atom. The van der Waals surface area contributed by atoms with Gasteiger partial charge in [0, 0.05) is 24.3 Å². The fourth-order valence-corrected chi connectivity index (χ4v) is 1.72. The minimum absolute atomic E-state index is 0.0377. The number of ether oxygens (including phenoxy) is 1. The zero-order valence-corrected chi connectivity index (χ0v) is 9.36. The van der Waals surface area contributed by atoms with Gasteiger partial charge in [-0.2, -0.15) is 0 Å². The van der Waals surface area contributed by atoms with Crippen LogP contribution in [0.25, 0.3) is 0 Å². The summed E-state index contributed by atoms with van der Waals surface area (Å²) in [7, 11) is 1.57. The SMILES string of the molecule is COCC(C)c1c(N)ccc(C(=O)O)c1N. The van der Waals surface area contributed by atoms with Crippen LogP contribution in [0.3, 0.4) is 0 Å². The zero-order valence-electron chi connectivity index (χ0n) is 9.36. The molecule has 0 aliphatic rings. The second-order valence-electron chi connectivity index (χ2n) is 3.69. The first kappa shape index (κ1) is 12.3. The fraction of sp³-hybridized carbons (Fsp3) is 0.364. The predicted molar refractivity (Wildman–Crippen MR) is 62.5 cm³/mol. The Balaban J connectivity index is 3.26. The van der Waals surface area contributed by atoms with Gasteiger partial charge in [-0.05, 0) is 12.1 Å². The highest BCUT2D eigenvalue weighted by molar-refractivity contribution is 5.95. The number of benzene rings is 1. The predicted octanol–water partition coefficient (Wildman–Crippen LogP) is 1.30. The first-order chi connectivity index (χ1) is 7.49. The molecule has 0 saturated carbocycles. The van der Waals surface area contributed by atoms with E-state index in [0.29, 0.717) is 17.9 Å². The Kier molecular flexibility index (Phi) is 3.73. The van der Waals surface area contributed by atoms with Gasteiger partial charge in [-0.25, -0.2) is 4.79 Å². The van der Waals surface area contributed by atoms with Crippen molar-refractivity contribution >= 4 is 17.3 Å². The zero-order chi connectivity index (χ0) is 12.3. The number of rotatable bonds is 4. The monoisotopic (exact) mass is 224 g/mol. The molecule has 0 heterocycles. The molecule has 0 saturated heterocycles. The summed E-state index contributed by atoms with van der Waals surface area (Å²) >= 11 is 0. The van der Waals surface area contributed by atoms with Crippen LogP contribution in [0.2, 0.25) is 0 Å². The second kappa shape index (κ2) is 4.85. The molecule has 88 valence electrons. The molecule has 1 rings (SSSR count). The normalized spacial score (nSPS) is 12.4. The average Bonchev–Trinajstić information content (AvgIpc) is 2.17. The van der Waals surface area contributed by atoms with Crippen LogP contribution in [0.5, 0.6) is 0 Å². The van der Waals surface area contributed by atoms with E-state index in [0.717, 1.165) is 0 Å². The highest BCUT2D eigenvalue weighted by atomic mass is 16.5. The molecule has 16 heavy (non-hydrogen) atoms. The molecule has 0 bridgehead atoms. The second-order valence-corrected chi connectivity index (χ2v) is 3.69. The Bertz CT molecular complexity index is 404. The summed E-state index contributed by atoms with van der Waals surface area (Å²) < 4.78 is 5.01. The van der Waals surface area contributed by atoms with Crippen LogP contribution in [0, 0.1) is 0 Å². The lowest BCUT2D eigenvalue weighted by Crippen LogP contribution is -2.12. The van der Waals surface area contributed by atoms with E-state index < -0.39 is 5.97 Å². The molecule has 0 amide bonds. The fourth-order valence-electron chi connectivity index (χ4n) is 1.72. The lowest BCUT2D eigenvalue weighted by molar-refractivity contribution is 0.0698. The molecular weight excluding hydrogens is 208 g/mol. The summed E-state index contributed by atoms with van der Waals surface area (Å²) in [5.74, 6) is -1.09. The molecule has 0 spiro atoms. The number of carbonyl (C=O) groups is 1. The molecule has 5 N–H and O–H groups in total. The van der Waals surface area contributed by atoms with Crippen molar-refractivity contribution in [2.45, 2.75) is 12.8 Å². The minimum Gasteiger partial charge on any atom is -0.478 e.